The molecule has 0 atom stereocenters. The second-order valence-corrected chi connectivity index (χ2v) is 8.80. The highest BCUT2D eigenvalue weighted by Gasteiger charge is 2.13. The molecule has 7 nitrogen and oxygen atoms in total. The van der Waals surface area contributed by atoms with E-state index in [0.717, 1.165) is 38.1 Å². The number of aromatic nitrogens is 3. The van der Waals surface area contributed by atoms with Crippen molar-refractivity contribution < 1.29 is 9.53 Å². The summed E-state index contributed by atoms with van der Waals surface area (Å²) in [6.45, 7) is 5.01. The maximum absolute atomic E-state index is 12.9. The summed E-state index contributed by atoms with van der Waals surface area (Å²) >= 11 is 7.00. The first kappa shape index (κ1) is 21.9. The first-order valence-corrected chi connectivity index (χ1v) is 10.9. The van der Waals surface area contributed by atoms with Crippen LogP contribution in [0.1, 0.15) is 34.9 Å². The van der Waals surface area contributed by atoms with Gasteiger partial charge in [0.05, 0.1) is 4.53 Å². The molecule has 0 radical (unpaired) electrons. The minimum atomic E-state index is -0.467. The van der Waals surface area contributed by atoms with Crippen LogP contribution in [0.25, 0.3) is 11.0 Å². The van der Waals surface area contributed by atoms with E-state index in [1.165, 1.54) is 6.92 Å². The fourth-order valence-corrected chi connectivity index (χ4v) is 4.40. The molecule has 0 aliphatic rings. The minimum absolute atomic E-state index is 0.184. The summed E-state index contributed by atoms with van der Waals surface area (Å²) in [5.74, 6) is 0.115. The zero-order valence-electron chi connectivity index (χ0n) is 17.5. The summed E-state index contributed by atoms with van der Waals surface area (Å²) in [5.41, 5.74) is 2.52. The van der Waals surface area contributed by atoms with E-state index in [4.69, 9.17) is 16.3 Å². The summed E-state index contributed by atoms with van der Waals surface area (Å²) < 4.78 is 6.81. The molecule has 0 fully saturated rings. The average molecular weight is 468 g/mol. The van der Waals surface area contributed by atoms with Gasteiger partial charge in [-0.2, -0.15) is 14.6 Å². The fraction of sp³-hybridized carbons (Fsp3) is 0.174. The number of hydrogen-bond donors (Lipinski definition) is 0. The molecule has 4 rings (SSSR count). The monoisotopic (exact) mass is 467 g/mol. The maximum Gasteiger partial charge on any atom is 0.308 e. The number of carbonyl (C=O) groups excluding carboxylic acids is 1. The van der Waals surface area contributed by atoms with Gasteiger partial charge in [-0.25, -0.2) is 0 Å². The van der Waals surface area contributed by atoms with E-state index in [1.807, 2.05) is 26.0 Å². The van der Waals surface area contributed by atoms with Crippen molar-refractivity contribution in [3.8, 4) is 5.75 Å². The second kappa shape index (κ2) is 8.64. The lowest BCUT2D eigenvalue weighted by atomic mass is 10.1. The Bertz CT molecular complexity index is 1500. The Balaban J connectivity index is 1.76. The molecule has 0 saturated heterocycles. The summed E-state index contributed by atoms with van der Waals surface area (Å²) in [4.78, 5) is 41.0. The number of nitrogens with zero attached hydrogens (tertiary/aromatic N) is 3. The number of halogens is 1. The SMILES string of the molecule is CC(=O)Oc1c(C)cc(/C=c2\sc3nc(=O)c(Cc4ccc(Cl)cc4)nn3c2=O)cc1C. The quantitative estimate of drug-likeness (QED) is 0.338. The molecule has 4 aromatic rings. The topological polar surface area (TPSA) is 90.6 Å². The largest absolute Gasteiger partial charge is 0.426 e. The Kier molecular flexibility index (Phi) is 5.90. The van der Waals surface area contributed by atoms with Gasteiger partial charge in [-0.15, -0.1) is 0 Å². The van der Waals surface area contributed by atoms with E-state index in [0.29, 0.717) is 15.3 Å². The molecule has 0 saturated carbocycles. The van der Waals surface area contributed by atoms with Crippen molar-refractivity contribution in [1.82, 2.24) is 14.6 Å². The van der Waals surface area contributed by atoms with Crippen LogP contribution in [-0.4, -0.2) is 20.6 Å². The molecular weight excluding hydrogens is 450 g/mol. The Morgan fingerprint density at radius 3 is 2.44 bits per heavy atom. The number of aryl methyl sites for hydroxylation is 2. The summed E-state index contributed by atoms with van der Waals surface area (Å²) in [5, 5.41) is 4.86. The van der Waals surface area contributed by atoms with Crippen LogP contribution in [0.15, 0.2) is 46.0 Å². The van der Waals surface area contributed by atoms with Gasteiger partial charge in [0.2, 0.25) is 4.96 Å². The van der Waals surface area contributed by atoms with E-state index in [-0.39, 0.29) is 22.6 Å². The van der Waals surface area contributed by atoms with Crippen molar-refractivity contribution in [2.45, 2.75) is 27.2 Å². The minimum Gasteiger partial charge on any atom is -0.426 e. The summed E-state index contributed by atoms with van der Waals surface area (Å²) in [7, 11) is 0. The van der Waals surface area contributed by atoms with Crippen molar-refractivity contribution in [2.24, 2.45) is 0 Å². The molecule has 0 aliphatic heterocycles. The van der Waals surface area contributed by atoms with E-state index in [1.54, 1.807) is 30.3 Å². The van der Waals surface area contributed by atoms with E-state index in [9.17, 15) is 14.4 Å². The lowest BCUT2D eigenvalue weighted by Gasteiger charge is -2.10. The van der Waals surface area contributed by atoms with Gasteiger partial charge in [-0.3, -0.25) is 14.4 Å². The van der Waals surface area contributed by atoms with Crippen LogP contribution >= 0.6 is 22.9 Å². The number of rotatable bonds is 4. The third kappa shape index (κ3) is 4.46. The van der Waals surface area contributed by atoms with Gasteiger partial charge >= 0.3 is 5.97 Å². The van der Waals surface area contributed by atoms with Gasteiger partial charge in [-0.1, -0.05) is 35.1 Å². The van der Waals surface area contributed by atoms with Crippen LogP contribution in [-0.2, 0) is 11.2 Å². The van der Waals surface area contributed by atoms with E-state index >= 15 is 0 Å². The summed E-state index contributed by atoms with van der Waals surface area (Å²) in [6, 6.07) is 10.7. The number of esters is 1. The molecule has 0 aliphatic carbocycles. The van der Waals surface area contributed by atoms with E-state index < -0.39 is 11.5 Å². The predicted octanol–water partition coefficient (Wildman–Crippen LogP) is 2.85. The zero-order valence-corrected chi connectivity index (χ0v) is 19.1. The van der Waals surface area contributed by atoms with Crippen LogP contribution in [0.2, 0.25) is 5.02 Å². The third-order valence-electron chi connectivity index (χ3n) is 4.76. The number of thiazole rings is 1. The van der Waals surface area contributed by atoms with Crippen molar-refractivity contribution in [1.29, 1.82) is 0 Å². The molecular formula is C23H18ClN3O4S. The Hall–Kier alpha value is -3.36. The van der Waals surface area contributed by atoms with Gasteiger partial charge in [0, 0.05) is 18.4 Å². The molecule has 0 amide bonds. The Morgan fingerprint density at radius 2 is 1.81 bits per heavy atom. The first-order chi connectivity index (χ1) is 15.2. The van der Waals surface area contributed by atoms with E-state index in [2.05, 4.69) is 10.1 Å². The predicted molar refractivity (Wildman–Crippen MR) is 124 cm³/mol. The molecule has 2 aromatic heterocycles. The molecule has 0 N–H and O–H groups in total. The van der Waals surface area contributed by atoms with Crippen LogP contribution in [0.3, 0.4) is 0 Å². The van der Waals surface area contributed by atoms with Crippen molar-refractivity contribution >= 4 is 39.9 Å². The third-order valence-corrected chi connectivity index (χ3v) is 5.97. The zero-order chi connectivity index (χ0) is 23.0. The molecule has 162 valence electrons. The van der Waals surface area contributed by atoms with Crippen molar-refractivity contribution in [2.75, 3.05) is 0 Å². The highest BCUT2D eigenvalue weighted by Crippen LogP contribution is 2.25. The van der Waals surface area contributed by atoms with Crippen LogP contribution in [0.4, 0.5) is 0 Å². The van der Waals surface area contributed by atoms with Gasteiger partial charge in [0.1, 0.15) is 11.4 Å². The van der Waals surface area contributed by atoms with Crippen LogP contribution in [0.5, 0.6) is 5.75 Å². The number of ether oxygens (including phenoxy) is 1. The highest BCUT2D eigenvalue weighted by molar-refractivity contribution is 7.15. The van der Waals surface area contributed by atoms with Gasteiger partial charge in [0.25, 0.3) is 11.1 Å². The van der Waals surface area contributed by atoms with Gasteiger partial charge < -0.3 is 4.74 Å². The van der Waals surface area contributed by atoms with Crippen LogP contribution in [0, 0.1) is 13.8 Å². The Labute approximate surface area is 191 Å². The average Bonchev–Trinajstić information content (AvgIpc) is 3.01. The fourth-order valence-electron chi connectivity index (χ4n) is 3.37. The number of fused-ring (bicyclic) bond motifs is 1. The normalized spacial score (nSPS) is 11.8. The molecule has 9 heteroatoms. The smallest absolute Gasteiger partial charge is 0.308 e. The Morgan fingerprint density at radius 1 is 1.16 bits per heavy atom. The first-order valence-electron chi connectivity index (χ1n) is 9.70. The maximum atomic E-state index is 12.9. The molecule has 0 bridgehead atoms. The summed E-state index contributed by atoms with van der Waals surface area (Å²) in [6.07, 6.45) is 1.96. The molecule has 32 heavy (non-hydrogen) atoms. The standard InChI is InChI=1S/C23H18ClN3O4S/c1-12-8-16(9-13(2)20(12)31-14(3)28)11-19-22(30)27-23(32-19)25-21(29)18(26-27)10-15-4-6-17(24)7-5-15/h4-9,11H,10H2,1-3H3/b19-11-. The highest BCUT2D eigenvalue weighted by atomic mass is 35.5. The van der Waals surface area contributed by atoms with Crippen molar-refractivity contribution in [3.63, 3.8) is 0 Å². The van der Waals surface area contributed by atoms with Gasteiger partial charge in [0.15, 0.2) is 0 Å². The number of hydrogen-bond acceptors (Lipinski definition) is 7. The second-order valence-electron chi connectivity index (χ2n) is 7.35. The van der Waals surface area contributed by atoms with Crippen molar-refractivity contribution in [3.05, 3.63) is 94.6 Å². The molecule has 0 spiro atoms. The molecule has 2 heterocycles. The van der Waals surface area contributed by atoms with Crippen LogP contribution < -0.4 is 20.4 Å². The number of benzene rings is 2. The number of carbonyl (C=O) groups is 1. The lowest BCUT2D eigenvalue weighted by Crippen LogP contribution is -2.28. The lowest BCUT2D eigenvalue weighted by molar-refractivity contribution is -0.131. The molecule has 0 unspecified atom stereocenters. The van der Waals surface area contributed by atoms with Gasteiger partial charge in [-0.05, 0) is 66.4 Å². The molecule has 2 aromatic carbocycles.